The first kappa shape index (κ1) is 21.2. The Morgan fingerprint density at radius 1 is 1.13 bits per heavy atom. The van der Waals surface area contributed by atoms with Gasteiger partial charge in [-0.15, -0.1) is 4.40 Å². The molecule has 1 N–H and O–H groups in total. The fraction of sp³-hybridized carbons (Fsp3) is 0.348. The van der Waals surface area contributed by atoms with Gasteiger partial charge in [-0.1, -0.05) is 35.9 Å². The Bertz CT molecular complexity index is 1130. The summed E-state index contributed by atoms with van der Waals surface area (Å²) >= 11 is 0. The number of benzene rings is 1. The first-order chi connectivity index (χ1) is 14.8. The highest BCUT2D eigenvalue weighted by Gasteiger charge is 2.34. The minimum absolute atomic E-state index is 0.0232. The van der Waals surface area contributed by atoms with Crippen molar-refractivity contribution in [1.82, 2.24) is 15.2 Å². The molecule has 2 aliphatic rings. The first-order valence-corrected chi connectivity index (χ1v) is 11.8. The Hall–Kier alpha value is -3.00. The fourth-order valence-corrected chi connectivity index (χ4v) is 5.57. The van der Waals surface area contributed by atoms with Crippen molar-refractivity contribution in [2.45, 2.75) is 39.2 Å². The van der Waals surface area contributed by atoms with Crippen molar-refractivity contribution in [2.24, 2.45) is 4.40 Å². The van der Waals surface area contributed by atoms with Gasteiger partial charge < -0.3 is 10.2 Å². The molecule has 8 heteroatoms. The van der Waals surface area contributed by atoms with Crippen molar-refractivity contribution < 1.29 is 13.2 Å². The quantitative estimate of drug-likeness (QED) is 0.792. The number of piperidine rings is 1. The summed E-state index contributed by atoms with van der Waals surface area (Å²) in [6, 6.07) is 11.2. The maximum absolute atomic E-state index is 12.8. The summed E-state index contributed by atoms with van der Waals surface area (Å²) in [6.07, 6.45) is 5.17. The number of hydrogen-bond acceptors (Lipinski definition) is 5. The van der Waals surface area contributed by atoms with Crippen LogP contribution in [0.5, 0.6) is 0 Å². The predicted molar refractivity (Wildman–Crippen MR) is 121 cm³/mol. The number of carbonyl (C=O) groups is 1. The van der Waals surface area contributed by atoms with Crippen LogP contribution in [0.4, 0.5) is 0 Å². The third-order valence-corrected chi connectivity index (χ3v) is 7.17. The van der Waals surface area contributed by atoms with Crippen molar-refractivity contribution in [3.05, 3.63) is 71.1 Å². The largest absolute Gasteiger partial charge is 0.356 e. The molecule has 3 heterocycles. The number of likely N-dealkylation sites (tertiary alicyclic amines) is 1. The highest BCUT2D eigenvalue weighted by Crippen LogP contribution is 2.34. The van der Waals surface area contributed by atoms with Gasteiger partial charge in [-0.25, -0.2) is 0 Å². The van der Waals surface area contributed by atoms with Gasteiger partial charge in [-0.2, -0.15) is 8.42 Å². The molecular formula is C23H26N4O3S. The molecule has 1 amide bonds. The van der Waals surface area contributed by atoms with E-state index in [2.05, 4.69) is 14.7 Å². The number of rotatable bonds is 4. The average molecular weight is 439 g/mol. The van der Waals surface area contributed by atoms with Crippen LogP contribution in [-0.4, -0.2) is 49.2 Å². The fourth-order valence-electron chi connectivity index (χ4n) is 4.09. The second-order valence-corrected chi connectivity index (χ2v) is 9.62. The Balaban J connectivity index is 1.40. The predicted octanol–water partition coefficient (Wildman–Crippen LogP) is 2.69. The number of sulfonamides is 1. The van der Waals surface area contributed by atoms with Gasteiger partial charge in [0.15, 0.2) is 0 Å². The van der Waals surface area contributed by atoms with Crippen LogP contribution in [0.3, 0.4) is 0 Å². The molecule has 0 atom stereocenters. The lowest BCUT2D eigenvalue weighted by Gasteiger charge is -2.33. The summed E-state index contributed by atoms with van der Waals surface area (Å²) in [5, 5.41) is 3.08. The summed E-state index contributed by atoms with van der Waals surface area (Å²) in [5.74, 6) is 0.501. The van der Waals surface area contributed by atoms with Crippen LogP contribution < -0.4 is 5.32 Å². The molecule has 0 unspecified atom stereocenters. The lowest BCUT2D eigenvalue weighted by atomic mass is 10.0. The van der Waals surface area contributed by atoms with E-state index in [1.165, 1.54) is 0 Å². The summed E-state index contributed by atoms with van der Waals surface area (Å²) in [6.45, 7) is 5.07. The second-order valence-electron chi connectivity index (χ2n) is 8.08. The highest BCUT2D eigenvalue weighted by molar-refractivity contribution is 8.00. The molecule has 0 aliphatic carbocycles. The van der Waals surface area contributed by atoms with Crippen LogP contribution in [0.15, 0.2) is 58.8 Å². The minimum Gasteiger partial charge on any atom is -0.356 e. The van der Waals surface area contributed by atoms with Crippen LogP contribution in [0.25, 0.3) is 4.91 Å². The highest BCUT2D eigenvalue weighted by atomic mass is 32.2. The molecule has 4 rings (SSSR count). The number of amides is 1. The van der Waals surface area contributed by atoms with E-state index < -0.39 is 10.0 Å². The normalized spacial score (nSPS) is 18.8. The van der Waals surface area contributed by atoms with Gasteiger partial charge in [-0.3, -0.25) is 9.78 Å². The summed E-state index contributed by atoms with van der Waals surface area (Å²) in [4.78, 5) is 18.7. The van der Waals surface area contributed by atoms with E-state index in [1.54, 1.807) is 12.4 Å². The molecule has 1 aromatic carbocycles. The van der Waals surface area contributed by atoms with Crippen molar-refractivity contribution in [2.75, 3.05) is 13.1 Å². The lowest BCUT2D eigenvalue weighted by Crippen LogP contribution is -2.47. The molecule has 162 valence electrons. The molecule has 1 fully saturated rings. The zero-order valence-corrected chi connectivity index (χ0v) is 18.5. The summed E-state index contributed by atoms with van der Waals surface area (Å²) in [5.41, 5.74) is 3.31. The Labute approximate surface area is 183 Å². The first-order valence-electron chi connectivity index (χ1n) is 10.4. The van der Waals surface area contributed by atoms with E-state index in [0.717, 1.165) is 24.0 Å². The van der Waals surface area contributed by atoms with Gasteiger partial charge in [-0.05, 0) is 43.9 Å². The summed E-state index contributed by atoms with van der Waals surface area (Å²) < 4.78 is 29.6. The van der Waals surface area contributed by atoms with E-state index in [0.29, 0.717) is 36.5 Å². The van der Waals surface area contributed by atoms with Crippen molar-refractivity contribution >= 4 is 26.7 Å². The number of aryl methyl sites for hydroxylation is 1. The Morgan fingerprint density at radius 3 is 2.48 bits per heavy atom. The minimum atomic E-state index is -3.72. The van der Waals surface area contributed by atoms with Gasteiger partial charge in [0.05, 0.1) is 6.42 Å². The molecule has 0 bridgehead atoms. The molecule has 0 spiro atoms. The molecule has 1 saturated heterocycles. The maximum Gasteiger partial charge on any atom is 0.285 e. The topological polar surface area (TPSA) is 91.7 Å². The average Bonchev–Trinajstić information content (AvgIpc) is 2.99. The Kier molecular flexibility index (Phi) is 5.91. The SMILES string of the molecule is CC1=C(c2ccc(C)cc2)S(=O)(=O)N=C1N1CCC(NC(=O)Cc2cccnc2)CC1. The molecule has 0 saturated carbocycles. The van der Waals surface area contributed by atoms with Crippen LogP contribution in [0.2, 0.25) is 0 Å². The number of hydrogen-bond donors (Lipinski definition) is 1. The van der Waals surface area contributed by atoms with Gasteiger partial charge in [0.25, 0.3) is 10.0 Å². The number of pyridine rings is 1. The molecule has 31 heavy (non-hydrogen) atoms. The van der Waals surface area contributed by atoms with E-state index in [9.17, 15) is 13.2 Å². The van der Waals surface area contributed by atoms with Crippen LogP contribution in [0.1, 0.15) is 36.5 Å². The third-order valence-electron chi connectivity index (χ3n) is 5.70. The van der Waals surface area contributed by atoms with Crippen LogP contribution in [0, 0.1) is 6.92 Å². The van der Waals surface area contributed by atoms with E-state index >= 15 is 0 Å². The maximum atomic E-state index is 12.8. The summed E-state index contributed by atoms with van der Waals surface area (Å²) in [7, 11) is -3.72. The smallest absolute Gasteiger partial charge is 0.285 e. The number of nitrogens with zero attached hydrogens (tertiary/aromatic N) is 3. The van der Waals surface area contributed by atoms with Gasteiger partial charge in [0, 0.05) is 37.1 Å². The molecule has 2 aromatic rings. The van der Waals surface area contributed by atoms with E-state index in [4.69, 9.17) is 0 Å². The van der Waals surface area contributed by atoms with E-state index in [-0.39, 0.29) is 16.9 Å². The number of amidine groups is 1. The molecule has 2 aliphatic heterocycles. The molecule has 0 radical (unpaired) electrons. The van der Waals surface area contributed by atoms with E-state index in [1.807, 2.05) is 55.1 Å². The number of nitrogens with one attached hydrogen (secondary N) is 1. The van der Waals surface area contributed by atoms with Gasteiger partial charge in [0.1, 0.15) is 10.7 Å². The number of carbonyl (C=O) groups excluding carboxylic acids is 1. The van der Waals surface area contributed by atoms with Crippen molar-refractivity contribution in [3.63, 3.8) is 0 Å². The zero-order valence-electron chi connectivity index (χ0n) is 17.7. The van der Waals surface area contributed by atoms with Crippen LogP contribution >= 0.6 is 0 Å². The second kappa shape index (κ2) is 8.63. The standard InChI is InChI=1S/C23H26N4O3S/c1-16-5-7-19(8-6-16)22-17(2)23(26-31(22,29)30)27-12-9-20(10-13-27)25-21(28)14-18-4-3-11-24-15-18/h3-8,11,15,20H,9-10,12-14H2,1-2H3,(H,25,28). The monoisotopic (exact) mass is 438 g/mol. The third kappa shape index (κ3) is 4.69. The zero-order chi connectivity index (χ0) is 22.0. The van der Waals surface area contributed by atoms with Crippen molar-refractivity contribution in [1.29, 1.82) is 0 Å². The Morgan fingerprint density at radius 2 is 1.84 bits per heavy atom. The van der Waals surface area contributed by atoms with Crippen LogP contribution in [-0.2, 0) is 21.2 Å². The molecular weight excluding hydrogens is 412 g/mol. The number of aromatic nitrogens is 1. The lowest BCUT2D eigenvalue weighted by molar-refractivity contribution is -0.121. The van der Waals surface area contributed by atoms with Gasteiger partial charge in [0.2, 0.25) is 5.91 Å². The molecule has 7 nitrogen and oxygen atoms in total. The van der Waals surface area contributed by atoms with Crippen molar-refractivity contribution in [3.8, 4) is 0 Å². The molecule has 1 aromatic heterocycles. The van der Waals surface area contributed by atoms with Gasteiger partial charge >= 0.3 is 0 Å².